The van der Waals surface area contributed by atoms with Gasteiger partial charge < -0.3 is 9.84 Å². The normalized spacial score (nSPS) is 23.7. The number of Topliss-reactive ketones (excluding diaryl/α,β-unsaturated/α-hetero) is 1. The molecule has 2 aliphatic heterocycles. The first-order valence-corrected chi connectivity index (χ1v) is 10.4. The fourth-order valence-electron chi connectivity index (χ4n) is 4.70. The van der Waals surface area contributed by atoms with Gasteiger partial charge in [0.15, 0.2) is 0 Å². The van der Waals surface area contributed by atoms with Gasteiger partial charge in [0.1, 0.15) is 11.3 Å². The molecule has 4 rings (SSSR count). The van der Waals surface area contributed by atoms with Crippen LogP contribution in [0.25, 0.3) is 5.76 Å². The number of methoxy groups -OCH3 is 1. The molecule has 7 heteroatoms. The van der Waals surface area contributed by atoms with E-state index in [-0.39, 0.29) is 11.3 Å². The minimum atomic E-state index is -1.80. The summed E-state index contributed by atoms with van der Waals surface area (Å²) in [6, 6.07) is 17.1. The number of hydrogen-bond donors (Lipinski definition) is 2. The van der Waals surface area contributed by atoms with E-state index in [0.717, 1.165) is 19.3 Å². The molecule has 31 heavy (non-hydrogen) atoms. The van der Waals surface area contributed by atoms with Crippen LogP contribution in [0, 0.1) is 0 Å². The zero-order valence-electron chi connectivity index (χ0n) is 17.3. The van der Waals surface area contributed by atoms with Crippen LogP contribution in [0.1, 0.15) is 24.8 Å². The van der Waals surface area contributed by atoms with Gasteiger partial charge in [-0.1, -0.05) is 48.5 Å². The number of nitrogens with one attached hydrogen (secondary N) is 1. The summed E-state index contributed by atoms with van der Waals surface area (Å²) in [5, 5.41) is 11.2. The second kappa shape index (κ2) is 8.35. The maximum Gasteiger partial charge on any atom is 0.396 e. The predicted molar refractivity (Wildman–Crippen MR) is 114 cm³/mol. The highest BCUT2D eigenvalue weighted by atomic mass is 16.5. The summed E-state index contributed by atoms with van der Waals surface area (Å²) in [4.78, 5) is 42.1. The molecule has 1 amide bonds. The van der Waals surface area contributed by atoms with Crippen molar-refractivity contribution in [2.24, 2.45) is 0 Å². The number of amides is 1. The van der Waals surface area contributed by atoms with E-state index in [1.807, 2.05) is 0 Å². The smallest absolute Gasteiger partial charge is 0.396 e. The molecule has 2 heterocycles. The van der Waals surface area contributed by atoms with Crippen molar-refractivity contribution in [3.63, 3.8) is 0 Å². The van der Waals surface area contributed by atoms with Crippen LogP contribution in [-0.4, -0.2) is 48.6 Å². The van der Waals surface area contributed by atoms with E-state index >= 15 is 0 Å². The summed E-state index contributed by atoms with van der Waals surface area (Å²) < 4.78 is 5.20. The molecule has 2 aliphatic rings. The van der Waals surface area contributed by atoms with E-state index in [9.17, 15) is 19.5 Å². The molecule has 0 aliphatic carbocycles. The first kappa shape index (κ1) is 20.8. The molecule has 0 bridgehead atoms. The number of piperidine rings is 1. The number of aliphatic hydroxyl groups is 1. The fourth-order valence-corrected chi connectivity index (χ4v) is 4.70. The van der Waals surface area contributed by atoms with Crippen molar-refractivity contribution >= 4 is 29.1 Å². The Bertz CT molecular complexity index is 1030. The predicted octanol–water partition coefficient (Wildman–Crippen LogP) is 1.51. The number of likely N-dealkylation sites (tertiary alicyclic amines) is 1. The SMILES string of the molecule is COC(=O)[C@@]1([NH+]2CCCCC2)C(=C(O)c2ccccc2)C(=O)C(=O)N1c1ccccc1. The third-order valence-corrected chi connectivity index (χ3v) is 6.07. The molecular formula is C24H25N2O5+. The van der Waals surface area contributed by atoms with Gasteiger partial charge in [-0.05, 0) is 31.4 Å². The van der Waals surface area contributed by atoms with Gasteiger partial charge in [0.2, 0.25) is 0 Å². The molecule has 0 radical (unpaired) electrons. The van der Waals surface area contributed by atoms with Crippen molar-refractivity contribution in [1.29, 1.82) is 0 Å². The molecule has 160 valence electrons. The van der Waals surface area contributed by atoms with Gasteiger partial charge in [0.25, 0.3) is 5.78 Å². The number of quaternary nitrogens is 1. The number of benzene rings is 2. The lowest BCUT2D eigenvalue weighted by Crippen LogP contribution is -3.24. The molecule has 0 aromatic heterocycles. The number of anilines is 1. The van der Waals surface area contributed by atoms with Crippen LogP contribution >= 0.6 is 0 Å². The summed E-state index contributed by atoms with van der Waals surface area (Å²) in [6.45, 7) is 1.12. The number of ketones is 1. The zero-order valence-corrected chi connectivity index (χ0v) is 17.3. The molecule has 0 unspecified atom stereocenters. The van der Waals surface area contributed by atoms with Crippen LogP contribution < -0.4 is 9.80 Å². The zero-order chi connectivity index (χ0) is 22.0. The highest BCUT2D eigenvalue weighted by molar-refractivity contribution is 6.54. The highest BCUT2D eigenvalue weighted by Gasteiger charge is 2.69. The maximum atomic E-state index is 13.5. The van der Waals surface area contributed by atoms with E-state index < -0.39 is 23.3 Å². The van der Waals surface area contributed by atoms with E-state index in [0.29, 0.717) is 29.2 Å². The minimum Gasteiger partial charge on any atom is -0.507 e. The lowest BCUT2D eigenvalue weighted by Gasteiger charge is -2.42. The quantitative estimate of drug-likeness (QED) is 0.338. The molecule has 2 saturated heterocycles. The van der Waals surface area contributed by atoms with Crippen molar-refractivity contribution in [1.82, 2.24) is 0 Å². The van der Waals surface area contributed by atoms with Crippen molar-refractivity contribution in [2.45, 2.75) is 24.9 Å². The fraction of sp³-hybridized carbons (Fsp3) is 0.292. The maximum absolute atomic E-state index is 13.5. The molecular weight excluding hydrogens is 396 g/mol. The Morgan fingerprint density at radius 1 is 0.968 bits per heavy atom. The lowest BCUT2D eigenvalue weighted by molar-refractivity contribution is -0.939. The largest absolute Gasteiger partial charge is 0.507 e. The summed E-state index contributed by atoms with van der Waals surface area (Å²) in [5.41, 5.74) is -1.26. The van der Waals surface area contributed by atoms with Crippen molar-refractivity contribution in [3.8, 4) is 0 Å². The highest BCUT2D eigenvalue weighted by Crippen LogP contribution is 2.38. The average molecular weight is 421 g/mol. The number of aliphatic hydroxyl groups excluding tert-OH is 1. The number of esters is 1. The first-order chi connectivity index (χ1) is 15.0. The van der Waals surface area contributed by atoms with Gasteiger partial charge in [0.05, 0.1) is 25.9 Å². The van der Waals surface area contributed by atoms with Crippen molar-refractivity contribution in [3.05, 3.63) is 71.8 Å². The number of ether oxygens (including phenoxy) is 1. The van der Waals surface area contributed by atoms with Gasteiger partial charge in [-0.15, -0.1) is 0 Å². The van der Waals surface area contributed by atoms with Gasteiger partial charge in [-0.3, -0.25) is 14.5 Å². The Kier molecular flexibility index (Phi) is 5.61. The Morgan fingerprint density at radius 2 is 1.55 bits per heavy atom. The Hall–Kier alpha value is -3.45. The van der Waals surface area contributed by atoms with Crippen molar-refractivity contribution < 1.29 is 29.1 Å². The average Bonchev–Trinajstić information content (AvgIpc) is 3.07. The summed E-state index contributed by atoms with van der Waals surface area (Å²) in [5.74, 6) is -2.87. The van der Waals surface area contributed by atoms with Crippen LogP contribution in [0.3, 0.4) is 0 Å². The minimum absolute atomic E-state index is 0.226. The molecule has 2 aromatic carbocycles. The second-order valence-electron chi connectivity index (χ2n) is 7.76. The first-order valence-electron chi connectivity index (χ1n) is 10.4. The van der Waals surface area contributed by atoms with Crippen molar-refractivity contribution in [2.75, 3.05) is 25.1 Å². The molecule has 7 nitrogen and oxygen atoms in total. The van der Waals surface area contributed by atoms with Gasteiger partial charge in [0, 0.05) is 5.56 Å². The number of carbonyl (C=O) groups excluding carboxylic acids is 3. The monoisotopic (exact) mass is 421 g/mol. The standard InChI is InChI=1S/C24H24N2O5/c1-31-23(30)24(25-15-9-4-10-16-25)19(20(27)17-11-5-2-6-12-17)21(28)22(29)26(24)18-13-7-3-8-14-18/h2-3,5-8,11-14,27H,4,9-10,15-16H2,1H3/p+1/t24-/m1/s1. The number of rotatable bonds is 4. The van der Waals surface area contributed by atoms with E-state index in [1.54, 1.807) is 60.7 Å². The molecule has 0 saturated carbocycles. The van der Waals surface area contributed by atoms with Crippen LogP contribution in [0.5, 0.6) is 0 Å². The number of hydrogen-bond acceptors (Lipinski definition) is 5. The Balaban J connectivity index is 2.06. The van der Waals surface area contributed by atoms with E-state index in [4.69, 9.17) is 4.74 Å². The molecule has 2 aromatic rings. The van der Waals surface area contributed by atoms with E-state index in [1.165, 1.54) is 12.0 Å². The van der Waals surface area contributed by atoms with Gasteiger partial charge in [-0.25, -0.2) is 9.69 Å². The molecule has 2 N–H and O–H groups in total. The molecule has 1 atom stereocenters. The summed E-state index contributed by atoms with van der Waals surface area (Å²) in [7, 11) is 1.24. The third-order valence-electron chi connectivity index (χ3n) is 6.07. The number of para-hydroxylation sites is 1. The number of carbonyl (C=O) groups is 3. The van der Waals surface area contributed by atoms with Crippen LogP contribution in [-0.2, 0) is 19.1 Å². The molecule has 0 spiro atoms. The lowest BCUT2D eigenvalue weighted by atomic mass is 9.91. The van der Waals surface area contributed by atoms with Crippen LogP contribution in [0.15, 0.2) is 66.2 Å². The Morgan fingerprint density at radius 3 is 2.13 bits per heavy atom. The van der Waals surface area contributed by atoms with Gasteiger partial charge in [-0.2, -0.15) is 0 Å². The third kappa shape index (κ3) is 3.21. The number of nitrogens with zero attached hydrogens (tertiary/aromatic N) is 1. The van der Waals surface area contributed by atoms with Gasteiger partial charge >= 0.3 is 17.5 Å². The van der Waals surface area contributed by atoms with Crippen LogP contribution in [0.4, 0.5) is 5.69 Å². The Labute approximate surface area is 180 Å². The summed E-state index contributed by atoms with van der Waals surface area (Å²) >= 11 is 0. The second-order valence-corrected chi connectivity index (χ2v) is 7.76. The summed E-state index contributed by atoms with van der Waals surface area (Å²) in [6.07, 6.45) is 2.66. The molecule has 2 fully saturated rings. The van der Waals surface area contributed by atoms with E-state index in [2.05, 4.69) is 0 Å². The van der Waals surface area contributed by atoms with Crippen LogP contribution in [0.2, 0.25) is 0 Å². The topological polar surface area (TPSA) is 88.3 Å².